The molecule has 0 atom stereocenters. The molecule has 0 unspecified atom stereocenters. The van der Waals surface area contributed by atoms with Gasteiger partial charge in [0, 0.05) is 30.1 Å². The molecule has 126 valence electrons. The van der Waals surface area contributed by atoms with Gasteiger partial charge in [-0.15, -0.1) is 0 Å². The molecule has 0 aliphatic rings. The van der Waals surface area contributed by atoms with Crippen LogP contribution in [0.5, 0.6) is 11.5 Å². The van der Waals surface area contributed by atoms with Gasteiger partial charge in [-0.3, -0.25) is 4.79 Å². The molecule has 0 radical (unpaired) electrons. The van der Waals surface area contributed by atoms with Crippen molar-refractivity contribution >= 4 is 17.7 Å². The Labute approximate surface area is 147 Å². The van der Waals surface area contributed by atoms with Crippen LogP contribution in [0, 0.1) is 0 Å². The Morgan fingerprint density at radius 2 is 1.83 bits per heavy atom. The van der Waals surface area contributed by atoms with Gasteiger partial charge < -0.3 is 14.4 Å². The van der Waals surface area contributed by atoms with Crippen LogP contribution in [0.4, 0.5) is 0 Å². The fraction of sp³-hybridized carbons (Fsp3) is 0.211. The first-order valence-electron chi connectivity index (χ1n) is 7.49. The molecule has 0 saturated heterocycles. The lowest BCUT2D eigenvalue weighted by molar-refractivity contribution is -0.125. The highest BCUT2D eigenvalue weighted by Crippen LogP contribution is 2.31. The number of benzene rings is 2. The van der Waals surface area contributed by atoms with E-state index in [-0.39, 0.29) is 5.91 Å². The van der Waals surface area contributed by atoms with Gasteiger partial charge in [-0.1, -0.05) is 42.1 Å². The molecule has 24 heavy (non-hydrogen) atoms. The number of thioether (sulfide) groups is 1. The van der Waals surface area contributed by atoms with Crippen molar-refractivity contribution in [1.29, 1.82) is 0 Å². The van der Waals surface area contributed by atoms with Crippen LogP contribution < -0.4 is 9.47 Å². The number of rotatable bonds is 7. The van der Waals surface area contributed by atoms with Crippen molar-refractivity contribution in [2.75, 3.05) is 21.3 Å². The predicted octanol–water partition coefficient (Wildman–Crippen LogP) is 3.97. The maximum Gasteiger partial charge on any atom is 0.247 e. The van der Waals surface area contributed by atoms with Crippen molar-refractivity contribution in [1.82, 2.24) is 4.90 Å². The Morgan fingerprint density at radius 1 is 1.08 bits per heavy atom. The lowest BCUT2D eigenvalue weighted by Crippen LogP contribution is -2.24. The topological polar surface area (TPSA) is 38.8 Å². The molecule has 2 rings (SSSR count). The third kappa shape index (κ3) is 4.80. The van der Waals surface area contributed by atoms with Crippen LogP contribution in [0.2, 0.25) is 0 Å². The molecule has 5 heteroatoms. The number of ether oxygens (including phenoxy) is 2. The summed E-state index contributed by atoms with van der Waals surface area (Å²) in [5.74, 6) is 1.25. The Bertz CT molecular complexity index is 701. The molecule has 2 aromatic rings. The molecule has 0 aliphatic carbocycles. The zero-order chi connectivity index (χ0) is 17.4. The molecule has 0 N–H and O–H groups in total. The van der Waals surface area contributed by atoms with E-state index in [1.165, 1.54) is 11.8 Å². The quantitative estimate of drug-likeness (QED) is 0.563. The lowest BCUT2D eigenvalue weighted by Gasteiger charge is -2.18. The number of para-hydroxylation sites is 1. The van der Waals surface area contributed by atoms with E-state index in [0.29, 0.717) is 18.0 Å². The summed E-state index contributed by atoms with van der Waals surface area (Å²) in [6.07, 6.45) is 1.57. The summed E-state index contributed by atoms with van der Waals surface area (Å²) in [6, 6.07) is 15.6. The second-order valence-electron chi connectivity index (χ2n) is 5.08. The average molecular weight is 343 g/mol. The number of nitrogens with zero attached hydrogens (tertiary/aromatic N) is 1. The van der Waals surface area contributed by atoms with Gasteiger partial charge in [0.25, 0.3) is 0 Å². The third-order valence-corrected chi connectivity index (χ3v) is 4.24. The third-order valence-electron chi connectivity index (χ3n) is 3.43. The van der Waals surface area contributed by atoms with Crippen molar-refractivity contribution < 1.29 is 14.3 Å². The first kappa shape index (κ1) is 17.9. The van der Waals surface area contributed by atoms with Crippen molar-refractivity contribution in [3.63, 3.8) is 0 Å². The summed E-state index contributed by atoms with van der Waals surface area (Å²) in [4.78, 5) is 15.0. The Kier molecular flexibility index (Phi) is 6.75. The van der Waals surface area contributed by atoms with Gasteiger partial charge in [-0.05, 0) is 23.6 Å². The molecule has 0 heterocycles. The normalized spacial score (nSPS) is 10.6. The lowest BCUT2D eigenvalue weighted by atomic mass is 10.1. The maximum atomic E-state index is 12.2. The summed E-state index contributed by atoms with van der Waals surface area (Å²) in [5.41, 5.74) is 0.900. The molecular formula is C19H21NO3S. The molecule has 0 fully saturated rings. The number of amides is 1. The molecule has 0 aliphatic heterocycles. The van der Waals surface area contributed by atoms with E-state index in [0.717, 1.165) is 10.5 Å². The van der Waals surface area contributed by atoms with E-state index in [1.807, 2.05) is 48.5 Å². The van der Waals surface area contributed by atoms with Gasteiger partial charge in [-0.25, -0.2) is 0 Å². The van der Waals surface area contributed by atoms with Crippen molar-refractivity contribution in [3.8, 4) is 11.5 Å². The van der Waals surface area contributed by atoms with Gasteiger partial charge in [-0.2, -0.15) is 0 Å². The van der Waals surface area contributed by atoms with Crippen molar-refractivity contribution in [3.05, 3.63) is 65.6 Å². The van der Waals surface area contributed by atoms with E-state index in [4.69, 9.17) is 9.47 Å². The molecule has 4 nitrogen and oxygen atoms in total. The Balaban J connectivity index is 1.99. The molecule has 0 aromatic heterocycles. The fourth-order valence-electron chi connectivity index (χ4n) is 2.21. The minimum atomic E-state index is -0.0664. The SMILES string of the molecule is COc1cccc(CN(C)C(=O)/C=C/Sc2ccccc2)c1OC. The summed E-state index contributed by atoms with van der Waals surface area (Å²) < 4.78 is 10.7. The highest BCUT2D eigenvalue weighted by Gasteiger charge is 2.13. The minimum Gasteiger partial charge on any atom is -0.493 e. The average Bonchev–Trinajstić information content (AvgIpc) is 2.62. The zero-order valence-corrected chi connectivity index (χ0v) is 14.9. The standard InChI is InChI=1S/C19H21NO3S/c1-20(14-15-8-7-11-17(22-2)19(15)23-3)18(21)12-13-24-16-9-5-4-6-10-16/h4-13H,14H2,1-3H3/b13-12+. The highest BCUT2D eigenvalue weighted by atomic mass is 32.2. The number of likely N-dealkylation sites (N-methyl/N-ethyl adjacent to an activating group) is 1. The zero-order valence-electron chi connectivity index (χ0n) is 14.1. The van der Waals surface area contributed by atoms with Gasteiger partial charge in [0.05, 0.1) is 14.2 Å². The smallest absolute Gasteiger partial charge is 0.247 e. The van der Waals surface area contributed by atoms with Crippen LogP contribution in [-0.2, 0) is 11.3 Å². The van der Waals surface area contributed by atoms with E-state index < -0.39 is 0 Å². The molecule has 1 amide bonds. The molecule has 0 saturated carbocycles. The summed E-state index contributed by atoms with van der Waals surface area (Å²) in [6.45, 7) is 0.444. The second-order valence-corrected chi connectivity index (χ2v) is 6.06. The van der Waals surface area contributed by atoms with Gasteiger partial charge in [0.2, 0.25) is 5.91 Å². The number of hydrogen-bond donors (Lipinski definition) is 0. The summed E-state index contributed by atoms with van der Waals surface area (Å²) in [5, 5.41) is 1.80. The Morgan fingerprint density at radius 3 is 2.50 bits per heavy atom. The largest absolute Gasteiger partial charge is 0.493 e. The molecule has 0 bridgehead atoms. The minimum absolute atomic E-state index is 0.0664. The van der Waals surface area contributed by atoms with E-state index in [9.17, 15) is 4.79 Å². The monoisotopic (exact) mass is 343 g/mol. The van der Waals surface area contributed by atoms with Gasteiger partial charge in [0.15, 0.2) is 11.5 Å². The second kappa shape index (κ2) is 9.03. The highest BCUT2D eigenvalue weighted by molar-refractivity contribution is 8.02. The van der Waals surface area contributed by atoms with Crippen LogP contribution in [0.3, 0.4) is 0 Å². The summed E-state index contributed by atoms with van der Waals surface area (Å²) in [7, 11) is 4.96. The predicted molar refractivity (Wildman–Crippen MR) is 97.5 cm³/mol. The van der Waals surface area contributed by atoms with Crippen LogP contribution >= 0.6 is 11.8 Å². The molecular weight excluding hydrogens is 322 g/mol. The fourth-order valence-corrected chi connectivity index (χ4v) is 2.86. The number of methoxy groups -OCH3 is 2. The molecule has 0 spiro atoms. The number of carbonyl (C=O) groups excluding carboxylic acids is 1. The molecule has 2 aromatic carbocycles. The van der Waals surface area contributed by atoms with Crippen molar-refractivity contribution in [2.45, 2.75) is 11.4 Å². The van der Waals surface area contributed by atoms with Crippen LogP contribution in [0.1, 0.15) is 5.56 Å². The van der Waals surface area contributed by atoms with E-state index in [1.54, 1.807) is 37.7 Å². The van der Waals surface area contributed by atoms with E-state index >= 15 is 0 Å². The Hall–Kier alpha value is -2.40. The summed E-state index contributed by atoms with van der Waals surface area (Å²) >= 11 is 1.51. The van der Waals surface area contributed by atoms with Crippen LogP contribution in [0.25, 0.3) is 0 Å². The first-order chi connectivity index (χ1) is 11.7. The van der Waals surface area contributed by atoms with Gasteiger partial charge >= 0.3 is 0 Å². The van der Waals surface area contributed by atoms with Gasteiger partial charge in [0.1, 0.15) is 0 Å². The van der Waals surface area contributed by atoms with Crippen molar-refractivity contribution in [2.24, 2.45) is 0 Å². The van der Waals surface area contributed by atoms with Crippen LogP contribution in [0.15, 0.2) is 64.9 Å². The van der Waals surface area contributed by atoms with Crippen LogP contribution in [-0.4, -0.2) is 32.1 Å². The van der Waals surface area contributed by atoms with E-state index in [2.05, 4.69) is 0 Å². The number of carbonyl (C=O) groups is 1. The maximum absolute atomic E-state index is 12.2. The first-order valence-corrected chi connectivity index (χ1v) is 8.37. The number of hydrogen-bond acceptors (Lipinski definition) is 4.